The number of nitrogens with one attached hydrogen (secondary N) is 1. The van der Waals surface area contributed by atoms with Crippen molar-refractivity contribution in [2.45, 2.75) is 51.0 Å². The molecule has 2 saturated heterocycles. The van der Waals surface area contributed by atoms with Gasteiger partial charge in [0.05, 0.1) is 12.2 Å². The highest BCUT2D eigenvalue weighted by molar-refractivity contribution is 8.76. The first kappa shape index (κ1) is 39.3. The van der Waals surface area contributed by atoms with Gasteiger partial charge in [-0.05, 0) is 65.8 Å². The molecule has 54 heavy (non-hydrogen) atoms. The SMILES string of the molecule is O=C(CCCSSCCNC(=O)C[n+]1ccc(/C=C/c2ccc(N3CCC(O)C3)cc2)cc1)C[n+]1ccc(/C=C/c2ccc(N3CCC(O)C3)cc2)cc1. The molecule has 2 unspecified atom stereocenters. The van der Waals surface area contributed by atoms with E-state index in [4.69, 9.17) is 0 Å². The predicted octanol–water partition coefficient (Wildman–Crippen LogP) is 5.29. The number of carbonyl (C=O) groups is 2. The maximum atomic E-state index is 12.5. The van der Waals surface area contributed by atoms with Crippen molar-refractivity contribution >= 4 is 69.0 Å². The molecule has 11 heteroatoms. The first-order chi connectivity index (χ1) is 26.4. The number of anilines is 2. The normalized spacial score (nSPS) is 17.2. The molecule has 2 aromatic heterocycles. The van der Waals surface area contributed by atoms with Gasteiger partial charge in [-0.1, -0.05) is 70.2 Å². The summed E-state index contributed by atoms with van der Waals surface area (Å²) >= 11 is 0. The maximum absolute atomic E-state index is 12.5. The van der Waals surface area contributed by atoms with Crippen LogP contribution in [0.1, 0.15) is 47.9 Å². The lowest BCUT2D eigenvalue weighted by atomic mass is 10.1. The molecule has 4 heterocycles. The van der Waals surface area contributed by atoms with Crippen molar-refractivity contribution in [3.05, 3.63) is 120 Å². The number of amides is 1. The van der Waals surface area contributed by atoms with E-state index in [1.807, 2.05) is 58.2 Å². The Morgan fingerprint density at radius 3 is 1.56 bits per heavy atom. The number of Topliss-reactive ketones (excluding diaryl/α,β-unsaturated/α-hetero) is 1. The third-order valence-electron chi connectivity index (χ3n) is 9.57. The number of carbonyl (C=O) groups excluding carboxylic acids is 2. The fraction of sp³-hybridized carbons (Fsp3) is 0.349. The molecular weight excluding hydrogens is 715 g/mol. The van der Waals surface area contributed by atoms with Crippen molar-refractivity contribution in [2.75, 3.05) is 54.0 Å². The minimum atomic E-state index is -0.230. The zero-order valence-electron chi connectivity index (χ0n) is 30.7. The monoisotopic (exact) mass is 765 g/mol. The summed E-state index contributed by atoms with van der Waals surface area (Å²) in [6.45, 7) is 4.43. The number of nitrogens with zero attached hydrogens (tertiary/aromatic N) is 4. The van der Waals surface area contributed by atoms with Gasteiger partial charge in [-0.3, -0.25) is 9.59 Å². The number of hydrogen-bond donors (Lipinski definition) is 3. The number of pyridine rings is 2. The Morgan fingerprint density at radius 1 is 0.648 bits per heavy atom. The number of aromatic nitrogens is 2. The highest BCUT2D eigenvalue weighted by Crippen LogP contribution is 2.24. The first-order valence-electron chi connectivity index (χ1n) is 18.8. The number of aliphatic hydroxyl groups excluding tert-OH is 2. The fourth-order valence-corrected chi connectivity index (χ4v) is 8.48. The minimum Gasteiger partial charge on any atom is -0.391 e. The highest BCUT2D eigenvalue weighted by atomic mass is 33.1. The van der Waals surface area contributed by atoms with Crippen molar-refractivity contribution < 1.29 is 28.9 Å². The first-order valence-corrected chi connectivity index (χ1v) is 21.3. The fourth-order valence-electron chi connectivity index (χ4n) is 6.48. The lowest BCUT2D eigenvalue weighted by molar-refractivity contribution is -0.684. The van der Waals surface area contributed by atoms with Gasteiger partial charge in [-0.2, -0.15) is 9.13 Å². The van der Waals surface area contributed by atoms with E-state index in [0.29, 0.717) is 32.6 Å². The molecule has 2 atom stereocenters. The Labute approximate surface area is 326 Å². The smallest absolute Gasteiger partial charge is 0.286 e. The van der Waals surface area contributed by atoms with Gasteiger partial charge in [0, 0.05) is 86.3 Å². The van der Waals surface area contributed by atoms with E-state index in [1.165, 1.54) is 0 Å². The molecule has 6 rings (SSSR count). The average Bonchev–Trinajstić information content (AvgIpc) is 3.83. The molecule has 282 valence electrons. The van der Waals surface area contributed by atoms with Crippen molar-refractivity contribution in [1.82, 2.24) is 5.32 Å². The number of rotatable bonds is 18. The van der Waals surface area contributed by atoms with Crippen LogP contribution < -0.4 is 24.3 Å². The Kier molecular flexibility index (Phi) is 14.8. The number of ketones is 1. The molecule has 4 aromatic rings. The molecule has 2 aromatic carbocycles. The zero-order valence-corrected chi connectivity index (χ0v) is 32.3. The van der Waals surface area contributed by atoms with Crippen molar-refractivity contribution in [1.29, 1.82) is 0 Å². The quantitative estimate of drug-likeness (QED) is 0.0715. The lowest BCUT2D eigenvalue weighted by Gasteiger charge is -2.17. The van der Waals surface area contributed by atoms with E-state index in [9.17, 15) is 19.8 Å². The third-order valence-corrected chi connectivity index (χ3v) is 12.1. The van der Waals surface area contributed by atoms with Gasteiger partial charge >= 0.3 is 0 Å². The predicted molar refractivity (Wildman–Crippen MR) is 222 cm³/mol. The number of benzene rings is 2. The third kappa shape index (κ3) is 12.6. The average molecular weight is 766 g/mol. The van der Waals surface area contributed by atoms with Crippen molar-refractivity contribution in [3.8, 4) is 0 Å². The molecule has 2 aliphatic rings. The van der Waals surface area contributed by atoms with Gasteiger partial charge in [0.15, 0.2) is 30.6 Å². The molecule has 9 nitrogen and oxygen atoms in total. The Bertz CT molecular complexity index is 1710. The summed E-state index contributed by atoms with van der Waals surface area (Å²) < 4.78 is 3.80. The van der Waals surface area contributed by atoms with Crippen LogP contribution in [0.25, 0.3) is 24.3 Å². The molecule has 2 fully saturated rings. The van der Waals surface area contributed by atoms with Crippen LogP contribution in [-0.4, -0.2) is 78.3 Å². The van der Waals surface area contributed by atoms with Gasteiger partial charge < -0.3 is 25.3 Å². The van der Waals surface area contributed by atoms with Crippen LogP contribution in [-0.2, 0) is 22.7 Å². The molecule has 0 bridgehead atoms. The summed E-state index contributed by atoms with van der Waals surface area (Å²) in [5.74, 6) is 1.91. The zero-order chi connectivity index (χ0) is 37.5. The van der Waals surface area contributed by atoms with Crippen molar-refractivity contribution in [2.24, 2.45) is 0 Å². The van der Waals surface area contributed by atoms with Gasteiger partial charge in [0.1, 0.15) is 0 Å². The van der Waals surface area contributed by atoms with E-state index < -0.39 is 0 Å². The molecule has 0 radical (unpaired) electrons. The summed E-state index contributed by atoms with van der Waals surface area (Å²) in [7, 11) is 3.47. The van der Waals surface area contributed by atoms with E-state index in [-0.39, 0.29) is 30.4 Å². The second kappa shape index (κ2) is 20.3. The summed E-state index contributed by atoms with van der Waals surface area (Å²) in [6, 6.07) is 24.8. The minimum absolute atomic E-state index is 0.0166. The molecule has 2 aliphatic heterocycles. The maximum Gasteiger partial charge on any atom is 0.286 e. The van der Waals surface area contributed by atoms with Gasteiger partial charge in [0.2, 0.25) is 13.1 Å². The number of hydrogen-bond acceptors (Lipinski definition) is 8. The standard InChI is InChI=1S/C43H50N5O4S2/c49-40(30-45-22-15-36(16-23-45)5-3-34-7-11-38(12-8-34)47-26-19-41(50)31-47)2-1-28-53-54-29-21-44-43(52)33-46-24-17-37(18-25-46)6-4-35-9-13-39(14-10-35)48-27-20-42(51)32-48/h3-18,22-25,41-42,50-51H,1-2,19-21,26-33H2/q+1/p+1. The van der Waals surface area contributed by atoms with Crippen LogP contribution in [0.5, 0.6) is 0 Å². The molecule has 3 N–H and O–H groups in total. The van der Waals surface area contributed by atoms with Crippen LogP contribution in [0.4, 0.5) is 11.4 Å². The largest absolute Gasteiger partial charge is 0.391 e. The van der Waals surface area contributed by atoms with Crippen LogP contribution >= 0.6 is 21.6 Å². The van der Waals surface area contributed by atoms with E-state index >= 15 is 0 Å². The molecule has 0 spiro atoms. The number of β-amino-alcohol motifs (C(OH)–C–C–N with tert-alkyl or cyclic N) is 2. The van der Waals surface area contributed by atoms with E-state index in [0.717, 1.165) is 77.5 Å². The molecule has 0 aliphatic carbocycles. The summed E-state index contributed by atoms with van der Waals surface area (Å²) in [5.41, 5.74) is 6.65. The second-order valence-corrected chi connectivity index (χ2v) is 16.6. The highest BCUT2D eigenvalue weighted by Gasteiger charge is 2.21. The Balaban J connectivity index is 0.789. The van der Waals surface area contributed by atoms with Gasteiger partial charge in [0.25, 0.3) is 5.91 Å². The van der Waals surface area contributed by atoms with Crippen LogP contribution in [0.2, 0.25) is 0 Å². The molecule has 0 saturated carbocycles. The number of aliphatic hydroxyl groups is 2. The molecule has 1 amide bonds. The van der Waals surface area contributed by atoms with E-state index in [1.54, 1.807) is 21.6 Å². The molecular formula is C43H51N5O4S2+2. The summed E-state index contributed by atoms with van der Waals surface area (Å²) in [6.07, 6.45) is 18.6. The second-order valence-electron chi connectivity index (χ2n) is 13.9. The van der Waals surface area contributed by atoms with E-state index in [2.05, 4.69) is 88.0 Å². The van der Waals surface area contributed by atoms with Crippen LogP contribution in [0.3, 0.4) is 0 Å². The van der Waals surface area contributed by atoms with Gasteiger partial charge in [-0.25, -0.2) is 0 Å². The topological polar surface area (TPSA) is 101 Å². The van der Waals surface area contributed by atoms with Crippen LogP contribution in [0, 0.1) is 0 Å². The Morgan fingerprint density at radius 2 is 1.09 bits per heavy atom. The summed E-state index contributed by atoms with van der Waals surface area (Å²) in [5, 5.41) is 22.5. The lowest BCUT2D eigenvalue weighted by Crippen LogP contribution is -2.42. The van der Waals surface area contributed by atoms with Gasteiger partial charge in [-0.15, -0.1) is 0 Å². The Hall–Kier alpha value is -4.42. The summed E-state index contributed by atoms with van der Waals surface area (Å²) in [4.78, 5) is 29.4. The van der Waals surface area contributed by atoms with Crippen LogP contribution in [0.15, 0.2) is 97.6 Å². The van der Waals surface area contributed by atoms with Crippen molar-refractivity contribution in [3.63, 3.8) is 0 Å².